The standard InChI is InChI=1S/C26H26N4O5S.C2HF3O2/c1-35-22-7-5-20-6-8-23(15-21(20)14-22)36(33,34)30(12-10-25(28)31)24-9-11-29(26(24)32)17-19-4-2-3-18(13-19)16-27;3-2(4,5)1(6)7/h2-8,13-15,24H,9-12,17H2,1H3,(H2,28,31);(H,6,7)/t24-;/m0./s1. The zero-order valence-electron chi connectivity index (χ0n) is 22.7. The molecule has 3 N–H and O–H groups in total. The number of benzene rings is 3. The second-order valence-corrected chi connectivity index (χ2v) is 11.3. The van der Waals surface area contributed by atoms with E-state index in [2.05, 4.69) is 6.07 Å². The van der Waals surface area contributed by atoms with Crippen LogP contribution < -0.4 is 10.5 Å². The molecule has 11 nitrogen and oxygen atoms in total. The number of nitrogens with two attached hydrogens (primary N) is 1. The number of carboxylic acid groups (broad SMARTS) is 1. The van der Waals surface area contributed by atoms with Gasteiger partial charge in [0.15, 0.2) is 0 Å². The van der Waals surface area contributed by atoms with Crippen molar-refractivity contribution in [1.29, 1.82) is 5.26 Å². The summed E-state index contributed by atoms with van der Waals surface area (Å²) in [7, 11) is -2.61. The number of sulfonamides is 1. The maximum Gasteiger partial charge on any atom is 0.490 e. The van der Waals surface area contributed by atoms with Crippen LogP contribution in [0, 0.1) is 11.3 Å². The average molecular weight is 621 g/mol. The molecule has 1 aliphatic rings. The number of carboxylic acids is 1. The van der Waals surface area contributed by atoms with Gasteiger partial charge in [-0.2, -0.15) is 22.7 Å². The van der Waals surface area contributed by atoms with E-state index in [0.717, 1.165) is 15.3 Å². The first-order valence-electron chi connectivity index (χ1n) is 12.6. The van der Waals surface area contributed by atoms with E-state index in [1.54, 1.807) is 41.3 Å². The largest absolute Gasteiger partial charge is 0.497 e. The van der Waals surface area contributed by atoms with Gasteiger partial charge in [-0.05, 0) is 59.2 Å². The summed E-state index contributed by atoms with van der Waals surface area (Å²) >= 11 is 0. The van der Waals surface area contributed by atoms with Crippen LogP contribution in [0.5, 0.6) is 5.75 Å². The zero-order chi connectivity index (χ0) is 31.9. The van der Waals surface area contributed by atoms with Crippen LogP contribution in [0.2, 0.25) is 0 Å². The summed E-state index contributed by atoms with van der Waals surface area (Å²) in [6, 6.07) is 18.1. The van der Waals surface area contributed by atoms with Gasteiger partial charge in [0.25, 0.3) is 0 Å². The predicted octanol–water partition coefficient (Wildman–Crippen LogP) is 3.02. The Bertz CT molecular complexity index is 1670. The number of carbonyl (C=O) groups is 3. The van der Waals surface area contributed by atoms with E-state index in [-0.39, 0.29) is 36.7 Å². The topological polar surface area (TPSA) is 171 Å². The Morgan fingerprint density at radius 1 is 1.14 bits per heavy atom. The number of methoxy groups -OCH3 is 1. The van der Waals surface area contributed by atoms with E-state index in [4.69, 9.17) is 25.6 Å². The number of hydrogen-bond donors (Lipinski definition) is 2. The molecule has 1 fully saturated rings. The summed E-state index contributed by atoms with van der Waals surface area (Å²) in [5, 5.41) is 17.8. The van der Waals surface area contributed by atoms with Crippen molar-refractivity contribution in [3.8, 4) is 11.8 Å². The maximum absolute atomic E-state index is 13.8. The first-order valence-corrected chi connectivity index (χ1v) is 14.1. The second kappa shape index (κ2) is 13.5. The fourth-order valence-corrected chi connectivity index (χ4v) is 6.04. The van der Waals surface area contributed by atoms with Crippen molar-refractivity contribution in [2.75, 3.05) is 20.2 Å². The molecule has 1 atom stereocenters. The van der Waals surface area contributed by atoms with Crippen LogP contribution in [0.4, 0.5) is 13.2 Å². The molecular weight excluding hydrogens is 593 g/mol. The van der Waals surface area contributed by atoms with Gasteiger partial charge in [-0.1, -0.05) is 24.3 Å². The molecule has 15 heteroatoms. The summed E-state index contributed by atoms with van der Waals surface area (Å²) in [6.45, 7) is 0.393. The van der Waals surface area contributed by atoms with Gasteiger partial charge in [0.2, 0.25) is 21.8 Å². The second-order valence-electron chi connectivity index (χ2n) is 9.39. The van der Waals surface area contributed by atoms with Crippen molar-refractivity contribution in [2.45, 2.75) is 36.5 Å². The van der Waals surface area contributed by atoms with Crippen molar-refractivity contribution in [2.24, 2.45) is 5.73 Å². The lowest BCUT2D eigenvalue weighted by molar-refractivity contribution is -0.192. The van der Waals surface area contributed by atoms with Crippen molar-refractivity contribution < 1.29 is 45.8 Å². The number of alkyl halides is 3. The number of amides is 2. The molecule has 43 heavy (non-hydrogen) atoms. The number of halogens is 3. The highest BCUT2D eigenvalue weighted by molar-refractivity contribution is 7.89. The first kappa shape index (κ1) is 32.8. The molecule has 0 aromatic heterocycles. The number of nitrogens with zero attached hydrogens (tertiary/aromatic N) is 3. The minimum absolute atomic E-state index is 0.0145. The molecule has 1 aliphatic heterocycles. The molecule has 1 saturated heterocycles. The van der Waals surface area contributed by atoms with Crippen LogP contribution in [0.1, 0.15) is 24.0 Å². The number of aliphatic carboxylic acids is 1. The van der Waals surface area contributed by atoms with Gasteiger partial charge >= 0.3 is 12.1 Å². The number of fused-ring (bicyclic) bond motifs is 1. The zero-order valence-corrected chi connectivity index (χ0v) is 23.6. The van der Waals surface area contributed by atoms with Gasteiger partial charge in [0, 0.05) is 26.1 Å². The Hall–Kier alpha value is -4.68. The Balaban J connectivity index is 0.000000646. The summed E-state index contributed by atoms with van der Waals surface area (Å²) in [5.74, 6) is -3.18. The number of primary amides is 1. The third-order valence-electron chi connectivity index (χ3n) is 6.49. The minimum Gasteiger partial charge on any atom is -0.497 e. The first-order chi connectivity index (χ1) is 20.2. The number of nitriles is 1. The highest BCUT2D eigenvalue weighted by Crippen LogP contribution is 2.29. The summed E-state index contributed by atoms with van der Waals surface area (Å²) in [4.78, 5) is 35.4. The van der Waals surface area contributed by atoms with Gasteiger partial charge < -0.3 is 20.5 Å². The summed E-state index contributed by atoms with van der Waals surface area (Å²) in [6.07, 6.45) is -5.02. The van der Waals surface area contributed by atoms with Crippen molar-refractivity contribution >= 4 is 38.6 Å². The minimum atomic E-state index is -5.08. The molecule has 228 valence electrons. The quantitative estimate of drug-likeness (QED) is 0.368. The normalized spacial score (nSPS) is 15.1. The number of ether oxygens (including phenoxy) is 1. The van der Waals surface area contributed by atoms with E-state index in [1.807, 2.05) is 12.1 Å². The van der Waals surface area contributed by atoms with Crippen LogP contribution in [-0.4, -0.2) is 72.9 Å². The lowest BCUT2D eigenvalue weighted by atomic mass is 10.1. The number of rotatable bonds is 9. The van der Waals surface area contributed by atoms with E-state index in [9.17, 15) is 31.2 Å². The monoisotopic (exact) mass is 620 g/mol. The molecule has 0 bridgehead atoms. The molecule has 0 aliphatic carbocycles. The van der Waals surface area contributed by atoms with E-state index < -0.39 is 34.1 Å². The van der Waals surface area contributed by atoms with Gasteiger partial charge in [0.1, 0.15) is 11.8 Å². The van der Waals surface area contributed by atoms with E-state index in [0.29, 0.717) is 23.2 Å². The average Bonchev–Trinajstić information content (AvgIpc) is 3.31. The van der Waals surface area contributed by atoms with Gasteiger partial charge in [0.05, 0.1) is 23.6 Å². The van der Waals surface area contributed by atoms with Crippen LogP contribution in [0.3, 0.4) is 0 Å². The van der Waals surface area contributed by atoms with Gasteiger partial charge in [-0.25, -0.2) is 13.2 Å². The van der Waals surface area contributed by atoms with Crippen molar-refractivity contribution in [1.82, 2.24) is 9.21 Å². The lowest BCUT2D eigenvalue weighted by Gasteiger charge is -2.27. The Kier molecular flexibility index (Phi) is 10.3. The van der Waals surface area contributed by atoms with Crippen LogP contribution in [0.15, 0.2) is 65.6 Å². The molecule has 4 rings (SSSR count). The molecule has 1 heterocycles. The Morgan fingerprint density at radius 2 is 1.81 bits per heavy atom. The van der Waals surface area contributed by atoms with Crippen LogP contribution >= 0.6 is 0 Å². The van der Waals surface area contributed by atoms with Crippen molar-refractivity contribution in [3.63, 3.8) is 0 Å². The number of hydrogen-bond acceptors (Lipinski definition) is 7. The molecule has 3 aromatic rings. The summed E-state index contributed by atoms with van der Waals surface area (Å²) in [5.41, 5.74) is 6.58. The van der Waals surface area contributed by atoms with E-state index in [1.165, 1.54) is 19.2 Å². The van der Waals surface area contributed by atoms with Crippen molar-refractivity contribution in [3.05, 3.63) is 71.8 Å². The number of carbonyl (C=O) groups excluding carboxylic acids is 2. The predicted molar refractivity (Wildman–Crippen MR) is 147 cm³/mol. The molecule has 0 unspecified atom stereocenters. The molecule has 0 saturated carbocycles. The maximum atomic E-state index is 13.8. The van der Waals surface area contributed by atoms with Gasteiger partial charge in [-0.15, -0.1) is 0 Å². The third-order valence-corrected chi connectivity index (χ3v) is 8.40. The summed E-state index contributed by atoms with van der Waals surface area (Å²) < 4.78 is 65.6. The van der Waals surface area contributed by atoms with Crippen LogP contribution in [-0.2, 0) is 31.0 Å². The third kappa shape index (κ3) is 8.21. The smallest absolute Gasteiger partial charge is 0.490 e. The Labute approximate surface area is 244 Å². The SMILES string of the molecule is COc1ccc2ccc(S(=O)(=O)N(CCC(N)=O)[C@H]3CCN(Cc4cccc(C#N)c4)C3=O)cc2c1.O=C(O)C(F)(F)F. The van der Waals surface area contributed by atoms with Crippen LogP contribution in [0.25, 0.3) is 10.8 Å². The molecule has 3 aromatic carbocycles. The highest BCUT2D eigenvalue weighted by Gasteiger charge is 2.42. The lowest BCUT2D eigenvalue weighted by Crippen LogP contribution is -2.46. The number of likely N-dealkylation sites (tertiary alicyclic amines) is 1. The fraction of sp³-hybridized carbons (Fsp3) is 0.286. The molecule has 0 radical (unpaired) electrons. The van der Waals surface area contributed by atoms with E-state index >= 15 is 0 Å². The fourth-order valence-electron chi connectivity index (χ4n) is 4.40. The highest BCUT2D eigenvalue weighted by atomic mass is 32.2. The Morgan fingerprint density at radius 3 is 2.42 bits per heavy atom. The van der Waals surface area contributed by atoms with Gasteiger partial charge in [-0.3, -0.25) is 9.59 Å². The molecular formula is C28H27F3N4O7S. The molecule has 2 amide bonds. The molecule has 0 spiro atoms.